The van der Waals surface area contributed by atoms with Crippen LogP contribution in [0.25, 0.3) is 0 Å². The molecular weight excluding hydrogens is 324 g/mol. The molecule has 1 amide bonds. The summed E-state index contributed by atoms with van der Waals surface area (Å²) in [7, 11) is 0. The second kappa shape index (κ2) is 5.83. The molecule has 0 aliphatic carbocycles. The van der Waals surface area contributed by atoms with E-state index in [9.17, 15) is 14.7 Å². The largest absolute Gasteiger partial charge is 0.480 e. The quantitative estimate of drug-likeness (QED) is 0.883. The molecule has 0 spiro atoms. The molecule has 1 aliphatic heterocycles. The van der Waals surface area contributed by atoms with Gasteiger partial charge in [-0.05, 0) is 52.9 Å². The fourth-order valence-electron chi connectivity index (χ4n) is 2.57. The zero-order chi connectivity index (χ0) is 14.9. The van der Waals surface area contributed by atoms with E-state index in [1.165, 1.54) is 0 Å². The molecular formula is C14H17BrN2O3. The zero-order valence-corrected chi connectivity index (χ0v) is 12.8. The van der Waals surface area contributed by atoms with Crippen LogP contribution in [0.15, 0.2) is 22.7 Å². The summed E-state index contributed by atoms with van der Waals surface area (Å²) in [4.78, 5) is 24.5. The molecule has 0 bridgehead atoms. The first kappa shape index (κ1) is 14.8. The number of hydrogen-bond acceptors (Lipinski definition) is 3. The number of anilines is 1. The maximum atomic E-state index is 11.4. The first-order chi connectivity index (χ1) is 9.40. The maximum absolute atomic E-state index is 11.4. The number of halogens is 1. The van der Waals surface area contributed by atoms with Gasteiger partial charge >= 0.3 is 5.97 Å². The van der Waals surface area contributed by atoms with Gasteiger partial charge in [0.1, 0.15) is 6.04 Å². The van der Waals surface area contributed by atoms with Crippen molar-refractivity contribution in [3.8, 4) is 0 Å². The van der Waals surface area contributed by atoms with Crippen molar-refractivity contribution in [1.29, 1.82) is 0 Å². The third-order valence-electron chi connectivity index (χ3n) is 3.70. The zero-order valence-electron chi connectivity index (χ0n) is 11.2. The number of rotatable bonds is 3. The van der Waals surface area contributed by atoms with E-state index in [4.69, 9.17) is 5.73 Å². The van der Waals surface area contributed by atoms with E-state index in [-0.39, 0.29) is 0 Å². The minimum Gasteiger partial charge on any atom is -0.480 e. The molecule has 1 fully saturated rings. The van der Waals surface area contributed by atoms with Gasteiger partial charge in [0.2, 0.25) is 5.91 Å². The summed E-state index contributed by atoms with van der Waals surface area (Å²) in [6, 6.07) is 4.60. The molecule has 2 rings (SSSR count). The topological polar surface area (TPSA) is 83.6 Å². The first-order valence-corrected chi connectivity index (χ1v) is 7.28. The first-order valence-electron chi connectivity index (χ1n) is 6.49. The van der Waals surface area contributed by atoms with Crippen LogP contribution in [0.3, 0.4) is 0 Å². The lowest BCUT2D eigenvalue weighted by atomic mass is 9.92. The molecule has 1 heterocycles. The third kappa shape index (κ3) is 2.95. The van der Waals surface area contributed by atoms with Crippen LogP contribution in [0, 0.1) is 5.92 Å². The Morgan fingerprint density at radius 2 is 2.15 bits per heavy atom. The summed E-state index contributed by atoms with van der Waals surface area (Å²) in [6.45, 7) is 2.76. The number of aliphatic carboxylic acids is 1. The molecule has 20 heavy (non-hydrogen) atoms. The van der Waals surface area contributed by atoms with Gasteiger partial charge in [-0.3, -0.25) is 4.79 Å². The molecule has 1 aromatic carbocycles. The summed E-state index contributed by atoms with van der Waals surface area (Å²) in [6.07, 6.45) is 1.59. The summed E-state index contributed by atoms with van der Waals surface area (Å²) >= 11 is 3.31. The van der Waals surface area contributed by atoms with Crippen molar-refractivity contribution >= 4 is 33.5 Å². The second-order valence-electron chi connectivity index (χ2n) is 5.21. The molecule has 2 atom stereocenters. The Bertz CT molecular complexity index is 547. The lowest BCUT2D eigenvalue weighted by Crippen LogP contribution is -2.47. The van der Waals surface area contributed by atoms with Gasteiger partial charge in [0.15, 0.2) is 0 Å². The Kier molecular flexibility index (Phi) is 4.32. The van der Waals surface area contributed by atoms with Crippen LogP contribution in [0.5, 0.6) is 0 Å². The average Bonchev–Trinajstić information content (AvgIpc) is 2.37. The molecule has 1 saturated heterocycles. The number of amides is 1. The van der Waals surface area contributed by atoms with Gasteiger partial charge in [-0.2, -0.15) is 0 Å². The molecule has 108 valence electrons. The number of carboxylic acids is 1. The van der Waals surface area contributed by atoms with Crippen LogP contribution in [0.2, 0.25) is 0 Å². The smallest absolute Gasteiger partial charge is 0.326 e. The number of hydrogen-bond donors (Lipinski definition) is 2. The van der Waals surface area contributed by atoms with Gasteiger partial charge in [0.05, 0.1) is 5.56 Å². The van der Waals surface area contributed by atoms with Crippen molar-refractivity contribution in [1.82, 2.24) is 0 Å². The minimum atomic E-state index is -0.813. The van der Waals surface area contributed by atoms with E-state index in [1.54, 1.807) is 18.2 Å². The number of carboxylic acid groups (broad SMARTS) is 1. The number of benzene rings is 1. The Labute approximate surface area is 125 Å². The van der Waals surface area contributed by atoms with Gasteiger partial charge < -0.3 is 15.7 Å². The van der Waals surface area contributed by atoms with Crippen molar-refractivity contribution in [2.75, 3.05) is 11.4 Å². The van der Waals surface area contributed by atoms with Crippen LogP contribution in [-0.2, 0) is 4.79 Å². The van der Waals surface area contributed by atoms with Crippen LogP contribution in [0.1, 0.15) is 30.1 Å². The van der Waals surface area contributed by atoms with Crippen LogP contribution < -0.4 is 10.6 Å². The SMILES string of the molecule is CC1CCN(c2ccc(C(N)=O)c(Br)c2)C(C(=O)O)C1. The van der Waals surface area contributed by atoms with Gasteiger partial charge in [-0.15, -0.1) is 0 Å². The average molecular weight is 341 g/mol. The predicted octanol–water partition coefficient (Wildman–Crippen LogP) is 2.24. The van der Waals surface area contributed by atoms with Crippen molar-refractivity contribution in [3.63, 3.8) is 0 Å². The highest BCUT2D eigenvalue weighted by molar-refractivity contribution is 9.10. The van der Waals surface area contributed by atoms with Crippen LogP contribution >= 0.6 is 15.9 Å². The third-order valence-corrected chi connectivity index (χ3v) is 4.36. The van der Waals surface area contributed by atoms with E-state index in [0.717, 1.165) is 12.1 Å². The molecule has 2 unspecified atom stereocenters. The van der Waals surface area contributed by atoms with Crippen molar-refractivity contribution < 1.29 is 14.7 Å². The van der Waals surface area contributed by atoms with E-state index in [0.29, 0.717) is 28.9 Å². The lowest BCUT2D eigenvalue weighted by molar-refractivity contribution is -0.139. The summed E-state index contributed by atoms with van der Waals surface area (Å²) in [5.41, 5.74) is 6.45. The standard InChI is InChI=1S/C14H17BrN2O3/c1-8-4-5-17(12(6-8)14(19)20)9-2-3-10(13(16)18)11(15)7-9/h2-3,7-8,12H,4-6H2,1H3,(H2,16,18)(H,19,20). The number of piperidine rings is 1. The van der Waals surface area contributed by atoms with Gasteiger partial charge in [0.25, 0.3) is 0 Å². The van der Waals surface area contributed by atoms with Crippen LogP contribution in [0.4, 0.5) is 5.69 Å². The molecule has 1 aliphatic rings. The van der Waals surface area contributed by atoms with Crippen LogP contribution in [-0.4, -0.2) is 29.6 Å². The van der Waals surface area contributed by atoms with Crippen molar-refractivity contribution in [3.05, 3.63) is 28.2 Å². The number of primary amides is 1. The Balaban J connectivity index is 2.32. The summed E-state index contributed by atoms with van der Waals surface area (Å²) in [5.74, 6) is -0.919. The molecule has 0 radical (unpaired) electrons. The van der Waals surface area contributed by atoms with Crippen molar-refractivity contribution in [2.45, 2.75) is 25.8 Å². The molecule has 0 aromatic heterocycles. The summed E-state index contributed by atoms with van der Waals surface area (Å²) in [5, 5.41) is 9.37. The molecule has 5 nitrogen and oxygen atoms in total. The van der Waals surface area contributed by atoms with Gasteiger partial charge in [0, 0.05) is 16.7 Å². The van der Waals surface area contributed by atoms with Gasteiger partial charge in [-0.1, -0.05) is 6.92 Å². The number of carbonyl (C=O) groups excluding carboxylic acids is 1. The minimum absolute atomic E-state index is 0.394. The predicted molar refractivity (Wildman–Crippen MR) is 79.8 cm³/mol. The Morgan fingerprint density at radius 1 is 1.45 bits per heavy atom. The highest BCUT2D eigenvalue weighted by Gasteiger charge is 2.32. The maximum Gasteiger partial charge on any atom is 0.326 e. The van der Waals surface area contributed by atoms with Gasteiger partial charge in [-0.25, -0.2) is 4.79 Å². The normalized spacial score (nSPS) is 22.6. The van der Waals surface area contributed by atoms with E-state index >= 15 is 0 Å². The molecule has 6 heteroatoms. The summed E-state index contributed by atoms with van der Waals surface area (Å²) < 4.78 is 0.588. The highest BCUT2D eigenvalue weighted by Crippen LogP contribution is 2.31. The van der Waals surface area contributed by atoms with E-state index in [2.05, 4.69) is 22.9 Å². The number of nitrogens with two attached hydrogens (primary N) is 1. The highest BCUT2D eigenvalue weighted by atomic mass is 79.9. The fraction of sp³-hybridized carbons (Fsp3) is 0.429. The number of nitrogens with zero attached hydrogens (tertiary/aromatic N) is 1. The number of carbonyl (C=O) groups is 2. The lowest BCUT2D eigenvalue weighted by Gasteiger charge is -2.37. The fourth-order valence-corrected chi connectivity index (χ4v) is 3.13. The van der Waals surface area contributed by atoms with E-state index < -0.39 is 17.9 Å². The Hall–Kier alpha value is -1.56. The van der Waals surface area contributed by atoms with Crippen molar-refractivity contribution in [2.24, 2.45) is 11.7 Å². The molecule has 1 aromatic rings. The van der Waals surface area contributed by atoms with E-state index in [1.807, 2.05) is 4.90 Å². The Morgan fingerprint density at radius 3 is 2.70 bits per heavy atom. The molecule has 3 N–H and O–H groups in total. The second-order valence-corrected chi connectivity index (χ2v) is 6.06. The molecule has 0 saturated carbocycles. The monoisotopic (exact) mass is 340 g/mol.